The molecule has 1 aliphatic carbocycles. The van der Waals surface area contributed by atoms with E-state index in [0.29, 0.717) is 13.1 Å². The quantitative estimate of drug-likeness (QED) is 0.811. The number of fused-ring (bicyclic) bond motifs is 1. The van der Waals surface area contributed by atoms with Crippen LogP contribution in [0.3, 0.4) is 0 Å². The maximum atomic E-state index is 11.9. The Bertz CT molecular complexity index is 694. The molecule has 1 aliphatic rings. The van der Waals surface area contributed by atoms with Crippen molar-refractivity contribution >= 4 is 6.03 Å². The highest BCUT2D eigenvalue weighted by molar-refractivity contribution is 5.73. The number of nitrogens with one attached hydrogen (secondary N) is 2. The molecule has 3 rings (SSSR count). The molecule has 0 saturated heterocycles. The highest BCUT2D eigenvalue weighted by Gasteiger charge is 2.14. The lowest BCUT2D eigenvalue weighted by molar-refractivity contribution is 0.240. The Hall–Kier alpha value is -2.50. The van der Waals surface area contributed by atoms with Gasteiger partial charge in [-0.3, -0.25) is 4.68 Å². The Morgan fingerprint density at radius 3 is 2.72 bits per heavy atom. The zero-order valence-corrected chi connectivity index (χ0v) is 14.8. The number of amides is 2. The summed E-state index contributed by atoms with van der Waals surface area (Å²) in [5.41, 5.74) is 3.88. The fraction of sp³-hybridized carbons (Fsp3) is 0.474. The number of aromatic nitrogens is 2. The largest absolute Gasteiger partial charge is 0.497 e. The average molecular weight is 342 g/mol. The molecule has 0 unspecified atom stereocenters. The molecule has 6 nitrogen and oxygen atoms in total. The van der Waals surface area contributed by atoms with E-state index >= 15 is 0 Å². The van der Waals surface area contributed by atoms with E-state index in [-0.39, 0.29) is 6.03 Å². The summed E-state index contributed by atoms with van der Waals surface area (Å²) in [5.74, 6) is 0.843. The second kappa shape index (κ2) is 8.55. The summed E-state index contributed by atoms with van der Waals surface area (Å²) in [4.78, 5) is 11.9. The molecule has 1 aromatic heterocycles. The SMILES string of the molecule is COc1ccc(CCNC(=O)NCCn2ncc3c2CCCC3)cc1. The Kier molecular flexibility index (Phi) is 5.93. The highest BCUT2D eigenvalue weighted by Crippen LogP contribution is 2.20. The van der Waals surface area contributed by atoms with E-state index in [0.717, 1.165) is 31.6 Å². The van der Waals surface area contributed by atoms with Crippen LogP contribution in [0.2, 0.25) is 0 Å². The van der Waals surface area contributed by atoms with Gasteiger partial charge in [0, 0.05) is 18.8 Å². The van der Waals surface area contributed by atoms with Crippen LogP contribution in [0.4, 0.5) is 4.79 Å². The van der Waals surface area contributed by atoms with Crippen LogP contribution in [-0.4, -0.2) is 36.0 Å². The van der Waals surface area contributed by atoms with Gasteiger partial charge in [-0.2, -0.15) is 5.10 Å². The fourth-order valence-electron chi connectivity index (χ4n) is 3.20. The lowest BCUT2D eigenvalue weighted by Gasteiger charge is -2.14. The average Bonchev–Trinajstić information content (AvgIpc) is 3.06. The number of hydrogen-bond acceptors (Lipinski definition) is 3. The third-order valence-electron chi connectivity index (χ3n) is 4.61. The molecular weight excluding hydrogens is 316 g/mol. The molecule has 134 valence electrons. The summed E-state index contributed by atoms with van der Waals surface area (Å²) in [7, 11) is 1.65. The number of urea groups is 1. The minimum absolute atomic E-state index is 0.130. The fourth-order valence-corrected chi connectivity index (χ4v) is 3.20. The van der Waals surface area contributed by atoms with Gasteiger partial charge >= 0.3 is 6.03 Å². The van der Waals surface area contributed by atoms with Crippen molar-refractivity contribution in [1.82, 2.24) is 20.4 Å². The summed E-state index contributed by atoms with van der Waals surface area (Å²) < 4.78 is 7.17. The van der Waals surface area contributed by atoms with Crippen molar-refractivity contribution in [3.63, 3.8) is 0 Å². The van der Waals surface area contributed by atoms with Crippen LogP contribution in [0, 0.1) is 0 Å². The van der Waals surface area contributed by atoms with Crippen molar-refractivity contribution in [1.29, 1.82) is 0 Å². The minimum Gasteiger partial charge on any atom is -0.497 e. The van der Waals surface area contributed by atoms with E-state index in [4.69, 9.17) is 4.74 Å². The van der Waals surface area contributed by atoms with Gasteiger partial charge in [-0.25, -0.2) is 4.79 Å². The molecule has 0 saturated carbocycles. The number of carbonyl (C=O) groups is 1. The Labute approximate surface area is 148 Å². The Morgan fingerprint density at radius 2 is 1.92 bits per heavy atom. The molecular formula is C19H26N4O2. The normalized spacial score (nSPS) is 13.2. The number of benzene rings is 1. The van der Waals surface area contributed by atoms with Crippen LogP contribution in [0.15, 0.2) is 30.5 Å². The highest BCUT2D eigenvalue weighted by atomic mass is 16.5. The number of ether oxygens (including phenoxy) is 1. The van der Waals surface area contributed by atoms with Gasteiger partial charge in [-0.1, -0.05) is 12.1 Å². The van der Waals surface area contributed by atoms with Crippen molar-refractivity contribution in [2.75, 3.05) is 20.2 Å². The Morgan fingerprint density at radius 1 is 1.16 bits per heavy atom. The maximum Gasteiger partial charge on any atom is 0.314 e. The molecule has 6 heteroatoms. The summed E-state index contributed by atoms with van der Waals surface area (Å²) in [6, 6.07) is 7.76. The molecule has 0 aliphatic heterocycles. The molecule has 1 aromatic carbocycles. The van der Waals surface area contributed by atoms with Crippen LogP contribution in [0.25, 0.3) is 0 Å². The van der Waals surface area contributed by atoms with Crippen molar-refractivity contribution in [2.24, 2.45) is 0 Å². The number of aryl methyl sites for hydroxylation is 1. The van der Waals surface area contributed by atoms with E-state index < -0.39 is 0 Å². The molecule has 0 atom stereocenters. The van der Waals surface area contributed by atoms with Crippen LogP contribution >= 0.6 is 0 Å². The van der Waals surface area contributed by atoms with Crippen LogP contribution < -0.4 is 15.4 Å². The van der Waals surface area contributed by atoms with Crippen LogP contribution in [-0.2, 0) is 25.8 Å². The van der Waals surface area contributed by atoms with E-state index in [1.807, 2.05) is 35.1 Å². The molecule has 2 amide bonds. The summed E-state index contributed by atoms with van der Waals surface area (Å²) in [5, 5.41) is 10.2. The molecule has 2 aromatic rings. The van der Waals surface area contributed by atoms with Crippen molar-refractivity contribution in [3.05, 3.63) is 47.3 Å². The van der Waals surface area contributed by atoms with E-state index in [1.165, 1.54) is 29.7 Å². The maximum absolute atomic E-state index is 11.9. The minimum atomic E-state index is -0.130. The van der Waals surface area contributed by atoms with E-state index in [1.54, 1.807) is 7.11 Å². The number of methoxy groups -OCH3 is 1. The predicted octanol–water partition coefficient (Wildman–Crippen LogP) is 2.31. The Balaban J connectivity index is 1.34. The van der Waals surface area contributed by atoms with Gasteiger partial charge in [0.15, 0.2) is 0 Å². The molecule has 0 radical (unpaired) electrons. The third-order valence-corrected chi connectivity index (χ3v) is 4.61. The topological polar surface area (TPSA) is 68.2 Å². The second-order valence-electron chi connectivity index (χ2n) is 6.33. The van der Waals surface area contributed by atoms with Crippen LogP contribution in [0.5, 0.6) is 5.75 Å². The first-order valence-corrected chi connectivity index (χ1v) is 8.94. The monoisotopic (exact) mass is 342 g/mol. The van der Waals surface area contributed by atoms with Gasteiger partial charge in [-0.15, -0.1) is 0 Å². The van der Waals surface area contributed by atoms with Crippen LogP contribution in [0.1, 0.15) is 29.7 Å². The van der Waals surface area contributed by atoms with E-state index in [2.05, 4.69) is 15.7 Å². The summed E-state index contributed by atoms with van der Waals surface area (Å²) in [6.45, 7) is 1.92. The van der Waals surface area contributed by atoms with E-state index in [9.17, 15) is 4.79 Å². The van der Waals surface area contributed by atoms with Gasteiger partial charge in [0.2, 0.25) is 0 Å². The van der Waals surface area contributed by atoms with Crippen molar-refractivity contribution in [2.45, 2.75) is 38.6 Å². The molecule has 25 heavy (non-hydrogen) atoms. The lowest BCUT2D eigenvalue weighted by atomic mass is 9.98. The summed E-state index contributed by atoms with van der Waals surface area (Å²) >= 11 is 0. The number of rotatable bonds is 7. The number of carbonyl (C=O) groups excluding carboxylic acids is 1. The van der Waals surface area contributed by atoms with Gasteiger partial charge in [0.1, 0.15) is 5.75 Å². The zero-order valence-electron chi connectivity index (χ0n) is 14.8. The van der Waals surface area contributed by atoms with Gasteiger partial charge in [0.25, 0.3) is 0 Å². The zero-order chi connectivity index (χ0) is 17.5. The van der Waals surface area contributed by atoms with Crippen molar-refractivity contribution in [3.8, 4) is 5.75 Å². The van der Waals surface area contributed by atoms with Gasteiger partial charge in [-0.05, 0) is 55.4 Å². The second-order valence-corrected chi connectivity index (χ2v) is 6.33. The molecule has 2 N–H and O–H groups in total. The standard InChI is InChI=1S/C19H26N4O2/c1-25-17-8-6-15(7-9-17)10-11-20-19(24)21-12-13-23-18-5-3-2-4-16(18)14-22-23/h6-9,14H,2-5,10-13H2,1H3,(H2,20,21,24). The first-order chi connectivity index (χ1) is 12.3. The van der Waals surface area contributed by atoms with Gasteiger partial charge < -0.3 is 15.4 Å². The molecule has 0 bridgehead atoms. The first kappa shape index (κ1) is 17.3. The third kappa shape index (κ3) is 4.75. The molecule has 0 fully saturated rings. The lowest BCUT2D eigenvalue weighted by Crippen LogP contribution is -2.38. The van der Waals surface area contributed by atoms with Crippen molar-refractivity contribution < 1.29 is 9.53 Å². The number of nitrogens with zero attached hydrogens (tertiary/aromatic N) is 2. The van der Waals surface area contributed by atoms with Gasteiger partial charge in [0.05, 0.1) is 19.9 Å². The molecule has 0 spiro atoms. The predicted molar refractivity (Wildman–Crippen MR) is 97.0 cm³/mol. The molecule has 1 heterocycles. The summed E-state index contributed by atoms with van der Waals surface area (Å²) in [6.07, 6.45) is 7.50. The smallest absolute Gasteiger partial charge is 0.314 e. The number of hydrogen-bond donors (Lipinski definition) is 2. The first-order valence-electron chi connectivity index (χ1n) is 8.94.